The molecule has 3 N–H and O–H groups in total. The van der Waals surface area contributed by atoms with Crippen LogP contribution in [0, 0.1) is 13.8 Å². The van der Waals surface area contributed by atoms with Crippen LogP contribution in [0.25, 0.3) is 0 Å². The van der Waals surface area contributed by atoms with E-state index in [1.165, 1.54) is 24.3 Å². The van der Waals surface area contributed by atoms with Crippen molar-refractivity contribution in [3.63, 3.8) is 0 Å². The Balaban J connectivity index is 1.68. The minimum Gasteiger partial charge on any atom is -0.308 e. The van der Waals surface area contributed by atoms with Crippen LogP contribution in [-0.2, 0) is 10.0 Å². The highest BCUT2D eigenvalue weighted by atomic mass is 35.5. The van der Waals surface area contributed by atoms with Crippen molar-refractivity contribution in [2.75, 3.05) is 15.4 Å². The summed E-state index contributed by atoms with van der Waals surface area (Å²) < 4.78 is 27.9. The fraction of sp³-hybridized carbons (Fsp3) is 0.0952. The van der Waals surface area contributed by atoms with Gasteiger partial charge in [0.2, 0.25) is 0 Å². The molecule has 0 saturated heterocycles. The average molecular weight is 430 g/mol. The molecule has 2 amide bonds. The van der Waals surface area contributed by atoms with Crippen LogP contribution >= 0.6 is 11.6 Å². The van der Waals surface area contributed by atoms with Gasteiger partial charge in [-0.15, -0.1) is 0 Å². The molecule has 0 aliphatic heterocycles. The van der Waals surface area contributed by atoms with Crippen LogP contribution in [-0.4, -0.2) is 14.4 Å². The zero-order valence-electron chi connectivity index (χ0n) is 15.9. The van der Waals surface area contributed by atoms with Crippen LogP contribution in [0.5, 0.6) is 0 Å². The van der Waals surface area contributed by atoms with E-state index in [1.54, 1.807) is 30.3 Å². The molecule has 0 unspecified atom stereocenters. The standard InChI is InChI=1S/C21H20ClN3O3S/c1-14-6-7-15(2)20(12-14)25-29(27,28)19-10-8-17(9-11-19)23-21(26)24-18-5-3-4-16(22)13-18/h3-13,25H,1-2H3,(H2,23,24,26). The summed E-state index contributed by atoms with van der Waals surface area (Å²) in [6.45, 7) is 3.73. The van der Waals surface area contributed by atoms with Gasteiger partial charge >= 0.3 is 6.03 Å². The van der Waals surface area contributed by atoms with E-state index in [0.29, 0.717) is 22.1 Å². The Bertz CT molecular complexity index is 1150. The average Bonchev–Trinajstić information content (AvgIpc) is 2.65. The van der Waals surface area contributed by atoms with Gasteiger partial charge in [-0.05, 0) is 73.5 Å². The van der Waals surface area contributed by atoms with E-state index in [1.807, 2.05) is 26.0 Å². The maximum atomic E-state index is 12.6. The maximum absolute atomic E-state index is 12.6. The third-order valence-electron chi connectivity index (χ3n) is 4.14. The molecule has 0 atom stereocenters. The molecule has 0 aromatic heterocycles. The minimum atomic E-state index is -3.74. The molecule has 8 heteroatoms. The van der Waals surface area contributed by atoms with E-state index in [0.717, 1.165) is 11.1 Å². The van der Waals surface area contributed by atoms with Crippen LogP contribution in [0.15, 0.2) is 71.6 Å². The Morgan fingerprint density at radius 2 is 1.55 bits per heavy atom. The van der Waals surface area contributed by atoms with E-state index in [9.17, 15) is 13.2 Å². The number of sulfonamides is 1. The Morgan fingerprint density at radius 3 is 2.24 bits per heavy atom. The van der Waals surface area contributed by atoms with Gasteiger partial charge in [0.25, 0.3) is 10.0 Å². The summed E-state index contributed by atoms with van der Waals surface area (Å²) in [7, 11) is -3.74. The molecule has 0 fully saturated rings. The number of hydrogen-bond donors (Lipinski definition) is 3. The number of aryl methyl sites for hydroxylation is 2. The third-order valence-corrected chi connectivity index (χ3v) is 5.76. The number of benzene rings is 3. The monoisotopic (exact) mass is 429 g/mol. The van der Waals surface area contributed by atoms with Gasteiger partial charge in [0.1, 0.15) is 0 Å². The molecule has 0 radical (unpaired) electrons. The first kappa shape index (κ1) is 20.7. The molecule has 0 bridgehead atoms. The summed E-state index contributed by atoms with van der Waals surface area (Å²) in [6.07, 6.45) is 0. The number of halogens is 1. The Hall–Kier alpha value is -3.03. The molecule has 0 aliphatic rings. The van der Waals surface area contributed by atoms with Crippen molar-refractivity contribution in [3.05, 3.63) is 82.9 Å². The number of rotatable bonds is 5. The number of urea groups is 1. The lowest BCUT2D eigenvalue weighted by molar-refractivity contribution is 0.262. The second-order valence-corrected chi connectivity index (χ2v) is 8.66. The van der Waals surface area contributed by atoms with Crippen LogP contribution < -0.4 is 15.4 Å². The summed E-state index contributed by atoms with van der Waals surface area (Å²) in [5.74, 6) is 0. The van der Waals surface area contributed by atoms with Gasteiger partial charge in [0, 0.05) is 16.4 Å². The van der Waals surface area contributed by atoms with Gasteiger partial charge in [-0.3, -0.25) is 4.72 Å². The molecule has 29 heavy (non-hydrogen) atoms. The minimum absolute atomic E-state index is 0.0965. The highest BCUT2D eigenvalue weighted by molar-refractivity contribution is 7.92. The van der Waals surface area contributed by atoms with Crippen molar-refractivity contribution >= 4 is 44.7 Å². The van der Waals surface area contributed by atoms with Crippen LogP contribution in [0.1, 0.15) is 11.1 Å². The van der Waals surface area contributed by atoms with Gasteiger partial charge in [-0.25, -0.2) is 13.2 Å². The van der Waals surface area contributed by atoms with E-state index in [2.05, 4.69) is 15.4 Å². The summed E-state index contributed by atoms with van der Waals surface area (Å²) in [5, 5.41) is 5.81. The largest absolute Gasteiger partial charge is 0.323 e. The molecule has 0 spiro atoms. The van der Waals surface area contributed by atoms with Crippen LogP contribution in [0.4, 0.5) is 21.9 Å². The molecule has 3 aromatic carbocycles. The number of nitrogens with one attached hydrogen (secondary N) is 3. The lowest BCUT2D eigenvalue weighted by Gasteiger charge is -2.12. The molecule has 3 rings (SSSR count). The first-order valence-corrected chi connectivity index (χ1v) is 10.6. The quantitative estimate of drug-likeness (QED) is 0.507. The first-order valence-electron chi connectivity index (χ1n) is 8.77. The lowest BCUT2D eigenvalue weighted by Crippen LogP contribution is -2.19. The fourth-order valence-corrected chi connectivity index (χ4v) is 3.94. The highest BCUT2D eigenvalue weighted by Gasteiger charge is 2.15. The Morgan fingerprint density at radius 1 is 0.862 bits per heavy atom. The van der Waals surface area contributed by atoms with Gasteiger partial charge in [0.05, 0.1) is 10.6 Å². The normalized spacial score (nSPS) is 11.0. The summed E-state index contributed by atoms with van der Waals surface area (Å²) in [4.78, 5) is 12.2. The predicted octanol–water partition coefficient (Wildman–Crippen LogP) is 5.40. The van der Waals surface area contributed by atoms with E-state index < -0.39 is 16.1 Å². The number of anilines is 3. The molecule has 0 saturated carbocycles. The second kappa shape index (κ2) is 8.55. The molecule has 150 valence electrons. The van der Waals surface area contributed by atoms with Gasteiger partial charge in [-0.1, -0.05) is 29.8 Å². The van der Waals surface area contributed by atoms with Crippen molar-refractivity contribution < 1.29 is 13.2 Å². The lowest BCUT2D eigenvalue weighted by atomic mass is 10.1. The Labute approximate surface area is 175 Å². The number of hydrogen-bond acceptors (Lipinski definition) is 3. The summed E-state index contributed by atoms with van der Waals surface area (Å²) >= 11 is 5.89. The van der Waals surface area contributed by atoms with Gasteiger partial charge in [0.15, 0.2) is 0 Å². The SMILES string of the molecule is Cc1ccc(C)c(NS(=O)(=O)c2ccc(NC(=O)Nc3cccc(Cl)c3)cc2)c1. The summed E-state index contributed by atoms with van der Waals surface area (Å²) in [5.41, 5.74) is 3.32. The first-order chi connectivity index (χ1) is 13.7. The van der Waals surface area contributed by atoms with Gasteiger partial charge in [-0.2, -0.15) is 0 Å². The highest BCUT2D eigenvalue weighted by Crippen LogP contribution is 2.22. The second-order valence-electron chi connectivity index (χ2n) is 6.54. The zero-order chi connectivity index (χ0) is 21.0. The molecule has 3 aromatic rings. The smallest absolute Gasteiger partial charge is 0.308 e. The zero-order valence-corrected chi connectivity index (χ0v) is 17.4. The molecule has 6 nitrogen and oxygen atoms in total. The fourth-order valence-electron chi connectivity index (χ4n) is 2.63. The topological polar surface area (TPSA) is 87.3 Å². The van der Waals surface area contributed by atoms with Crippen molar-refractivity contribution in [2.24, 2.45) is 0 Å². The number of carbonyl (C=O) groups excluding carboxylic acids is 1. The molecular weight excluding hydrogens is 410 g/mol. The van der Waals surface area contributed by atoms with Crippen molar-refractivity contribution in [3.8, 4) is 0 Å². The van der Waals surface area contributed by atoms with Crippen molar-refractivity contribution in [2.45, 2.75) is 18.7 Å². The molecule has 0 aliphatic carbocycles. The van der Waals surface area contributed by atoms with Crippen molar-refractivity contribution in [1.29, 1.82) is 0 Å². The third kappa shape index (κ3) is 5.49. The van der Waals surface area contributed by atoms with Crippen LogP contribution in [0.3, 0.4) is 0 Å². The van der Waals surface area contributed by atoms with Crippen LogP contribution in [0.2, 0.25) is 5.02 Å². The van der Waals surface area contributed by atoms with Gasteiger partial charge < -0.3 is 10.6 Å². The van der Waals surface area contributed by atoms with E-state index >= 15 is 0 Å². The van der Waals surface area contributed by atoms with Crippen molar-refractivity contribution in [1.82, 2.24) is 0 Å². The summed E-state index contributed by atoms with van der Waals surface area (Å²) in [6, 6.07) is 17.8. The molecule has 0 heterocycles. The molecular formula is C21H20ClN3O3S. The predicted molar refractivity (Wildman–Crippen MR) is 117 cm³/mol. The number of carbonyl (C=O) groups is 1. The van der Waals surface area contributed by atoms with E-state index in [4.69, 9.17) is 11.6 Å². The maximum Gasteiger partial charge on any atom is 0.323 e. The Kier molecular flexibility index (Phi) is 6.10. The number of amides is 2. The van der Waals surface area contributed by atoms with E-state index in [-0.39, 0.29) is 4.90 Å².